The van der Waals surface area contributed by atoms with E-state index in [-0.39, 0.29) is 11.3 Å². The first kappa shape index (κ1) is 12.7. The van der Waals surface area contributed by atoms with Crippen molar-refractivity contribution in [1.29, 1.82) is 0 Å². The van der Waals surface area contributed by atoms with E-state index in [2.05, 4.69) is 22.6 Å². The van der Waals surface area contributed by atoms with Gasteiger partial charge in [0.05, 0.1) is 5.69 Å². The number of carboxylic acid groups (broad SMARTS) is 1. The molecule has 0 bridgehead atoms. The van der Waals surface area contributed by atoms with Crippen molar-refractivity contribution in [1.82, 2.24) is 0 Å². The number of anilines is 1. The van der Waals surface area contributed by atoms with E-state index < -0.39 is 5.97 Å². The van der Waals surface area contributed by atoms with Gasteiger partial charge in [0.1, 0.15) is 11.3 Å². The molecule has 2 rings (SSSR count). The maximum Gasteiger partial charge on any atom is 0.339 e. The van der Waals surface area contributed by atoms with Gasteiger partial charge in [-0.15, -0.1) is 0 Å². The van der Waals surface area contributed by atoms with Gasteiger partial charge < -0.3 is 15.6 Å². The summed E-state index contributed by atoms with van der Waals surface area (Å²) in [7, 11) is 0. The number of ether oxygens (including phenoxy) is 1. The number of nitrogens with two attached hydrogens (primary N) is 1. The number of aromatic carboxylic acids is 1. The van der Waals surface area contributed by atoms with Crippen LogP contribution in [0.1, 0.15) is 10.4 Å². The number of rotatable bonds is 3. The van der Waals surface area contributed by atoms with Crippen LogP contribution in [0.25, 0.3) is 0 Å². The van der Waals surface area contributed by atoms with Crippen molar-refractivity contribution >= 4 is 34.2 Å². The standard InChI is InChI=1S/C13H10INO3/c14-8-4-6-9(7-5-8)18-12-10(13(16)17)2-1-3-11(12)15/h1-7H,15H2,(H,16,17). The molecule has 0 amide bonds. The van der Waals surface area contributed by atoms with Gasteiger partial charge in [-0.25, -0.2) is 4.79 Å². The summed E-state index contributed by atoms with van der Waals surface area (Å²) in [5, 5.41) is 9.08. The molecule has 0 saturated heterocycles. The summed E-state index contributed by atoms with van der Waals surface area (Å²) in [6.45, 7) is 0. The molecule has 5 heteroatoms. The lowest BCUT2D eigenvalue weighted by atomic mass is 10.1. The molecule has 2 aromatic rings. The largest absolute Gasteiger partial charge is 0.478 e. The predicted octanol–water partition coefficient (Wildman–Crippen LogP) is 3.36. The number of halogens is 1. The highest BCUT2D eigenvalue weighted by Gasteiger charge is 2.14. The summed E-state index contributed by atoms with van der Waals surface area (Å²) in [5.74, 6) is -0.343. The molecule has 0 radical (unpaired) electrons. The Morgan fingerprint density at radius 1 is 1.17 bits per heavy atom. The molecular weight excluding hydrogens is 345 g/mol. The molecule has 0 aromatic heterocycles. The van der Waals surface area contributed by atoms with E-state index in [1.54, 1.807) is 24.3 Å². The first-order chi connectivity index (χ1) is 8.58. The summed E-state index contributed by atoms with van der Waals surface area (Å²) in [6.07, 6.45) is 0. The highest BCUT2D eigenvalue weighted by Crippen LogP contribution is 2.31. The minimum Gasteiger partial charge on any atom is -0.478 e. The fraction of sp³-hybridized carbons (Fsp3) is 0. The van der Waals surface area contributed by atoms with Crippen LogP contribution in [0, 0.1) is 3.57 Å². The first-order valence-corrected chi connectivity index (χ1v) is 6.21. The molecule has 0 aliphatic heterocycles. The lowest BCUT2D eigenvalue weighted by Gasteiger charge is -2.11. The zero-order chi connectivity index (χ0) is 13.1. The van der Waals surface area contributed by atoms with Crippen molar-refractivity contribution in [3.05, 3.63) is 51.6 Å². The van der Waals surface area contributed by atoms with Crippen LogP contribution in [-0.4, -0.2) is 11.1 Å². The second-order valence-corrected chi connectivity index (χ2v) is 4.83. The molecule has 0 unspecified atom stereocenters. The SMILES string of the molecule is Nc1cccc(C(=O)O)c1Oc1ccc(I)cc1. The smallest absolute Gasteiger partial charge is 0.339 e. The van der Waals surface area contributed by atoms with Crippen molar-refractivity contribution in [2.75, 3.05) is 5.73 Å². The molecular formula is C13H10INO3. The second-order valence-electron chi connectivity index (χ2n) is 3.59. The molecule has 0 fully saturated rings. The Labute approximate surface area is 118 Å². The van der Waals surface area contributed by atoms with Crippen LogP contribution in [-0.2, 0) is 0 Å². The third-order valence-electron chi connectivity index (χ3n) is 2.31. The topological polar surface area (TPSA) is 72.6 Å². The van der Waals surface area contributed by atoms with E-state index in [0.717, 1.165) is 3.57 Å². The van der Waals surface area contributed by atoms with E-state index in [1.807, 2.05) is 12.1 Å². The van der Waals surface area contributed by atoms with Gasteiger partial charge in [-0.05, 0) is 59.0 Å². The number of nitrogen functional groups attached to an aromatic ring is 1. The van der Waals surface area contributed by atoms with Crippen LogP contribution < -0.4 is 10.5 Å². The van der Waals surface area contributed by atoms with Gasteiger partial charge in [-0.3, -0.25) is 0 Å². The zero-order valence-corrected chi connectivity index (χ0v) is 11.4. The Morgan fingerprint density at radius 2 is 1.83 bits per heavy atom. The Kier molecular flexibility index (Phi) is 3.71. The number of carboxylic acids is 1. The molecule has 18 heavy (non-hydrogen) atoms. The molecule has 0 atom stereocenters. The van der Waals surface area contributed by atoms with Crippen LogP contribution in [0.3, 0.4) is 0 Å². The molecule has 92 valence electrons. The summed E-state index contributed by atoms with van der Waals surface area (Å²) in [4.78, 5) is 11.1. The molecule has 0 aliphatic carbocycles. The lowest BCUT2D eigenvalue weighted by Crippen LogP contribution is -2.02. The fourth-order valence-corrected chi connectivity index (χ4v) is 1.82. The summed E-state index contributed by atoms with van der Waals surface area (Å²) in [6, 6.07) is 11.9. The van der Waals surface area contributed by atoms with Gasteiger partial charge in [-0.2, -0.15) is 0 Å². The molecule has 0 aliphatic rings. The summed E-state index contributed by atoms with van der Waals surface area (Å²) in [5.41, 5.74) is 6.10. The highest BCUT2D eigenvalue weighted by molar-refractivity contribution is 14.1. The first-order valence-electron chi connectivity index (χ1n) is 5.13. The van der Waals surface area contributed by atoms with Crippen LogP contribution >= 0.6 is 22.6 Å². The average Bonchev–Trinajstić information content (AvgIpc) is 2.34. The van der Waals surface area contributed by atoms with Gasteiger partial charge in [0.2, 0.25) is 0 Å². The Balaban J connectivity index is 2.39. The van der Waals surface area contributed by atoms with E-state index in [4.69, 9.17) is 15.6 Å². The van der Waals surface area contributed by atoms with Crippen molar-refractivity contribution in [3.8, 4) is 11.5 Å². The van der Waals surface area contributed by atoms with Crippen LogP contribution in [0.15, 0.2) is 42.5 Å². The van der Waals surface area contributed by atoms with E-state index in [0.29, 0.717) is 11.4 Å². The lowest BCUT2D eigenvalue weighted by molar-refractivity contribution is 0.0694. The van der Waals surface area contributed by atoms with E-state index >= 15 is 0 Å². The zero-order valence-electron chi connectivity index (χ0n) is 9.26. The molecule has 0 saturated carbocycles. The maximum atomic E-state index is 11.1. The summed E-state index contributed by atoms with van der Waals surface area (Å²) < 4.78 is 6.62. The number of para-hydroxylation sites is 1. The quantitative estimate of drug-likeness (QED) is 0.654. The molecule has 3 N–H and O–H groups in total. The van der Waals surface area contributed by atoms with Gasteiger partial charge >= 0.3 is 5.97 Å². The maximum absolute atomic E-state index is 11.1. The number of carbonyl (C=O) groups is 1. The Bertz CT molecular complexity index is 581. The van der Waals surface area contributed by atoms with Crippen molar-refractivity contribution in [2.24, 2.45) is 0 Å². The second kappa shape index (κ2) is 5.26. The van der Waals surface area contributed by atoms with Crippen molar-refractivity contribution < 1.29 is 14.6 Å². The van der Waals surface area contributed by atoms with Crippen LogP contribution in [0.2, 0.25) is 0 Å². The normalized spacial score (nSPS) is 10.1. The number of hydrogen-bond donors (Lipinski definition) is 2. The molecule has 0 heterocycles. The van der Waals surface area contributed by atoms with Crippen LogP contribution in [0.5, 0.6) is 11.5 Å². The third-order valence-corrected chi connectivity index (χ3v) is 3.03. The number of benzene rings is 2. The van der Waals surface area contributed by atoms with Gasteiger partial charge in [-0.1, -0.05) is 6.07 Å². The number of hydrogen-bond acceptors (Lipinski definition) is 3. The van der Waals surface area contributed by atoms with Crippen molar-refractivity contribution in [3.63, 3.8) is 0 Å². The van der Waals surface area contributed by atoms with E-state index in [1.165, 1.54) is 6.07 Å². The van der Waals surface area contributed by atoms with Gasteiger partial charge in [0.25, 0.3) is 0 Å². The van der Waals surface area contributed by atoms with Gasteiger partial charge in [0, 0.05) is 3.57 Å². The fourth-order valence-electron chi connectivity index (χ4n) is 1.46. The minimum atomic E-state index is -1.07. The highest BCUT2D eigenvalue weighted by atomic mass is 127. The molecule has 0 spiro atoms. The third kappa shape index (κ3) is 2.73. The Morgan fingerprint density at radius 3 is 2.44 bits per heavy atom. The van der Waals surface area contributed by atoms with Crippen molar-refractivity contribution in [2.45, 2.75) is 0 Å². The minimum absolute atomic E-state index is 0.0496. The monoisotopic (exact) mass is 355 g/mol. The Hall–Kier alpha value is -1.76. The molecule has 4 nitrogen and oxygen atoms in total. The van der Waals surface area contributed by atoms with Gasteiger partial charge in [0.15, 0.2) is 5.75 Å². The van der Waals surface area contributed by atoms with Crippen LogP contribution in [0.4, 0.5) is 5.69 Å². The summed E-state index contributed by atoms with van der Waals surface area (Å²) >= 11 is 2.18. The van der Waals surface area contributed by atoms with E-state index in [9.17, 15) is 4.79 Å². The average molecular weight is 355 g/mol. The predicted molar refractivity (Wildman–Crippen MR) is 77.0 cm³/mol. The molecule has 2 aromatic carbocycles.